The summed E-state index contributed by atoms with van der Waals surface area (Å²) >= 11 is 5.97. The Bertz CT molecular complexity index is 685. The Kier molecular flexibility index (Phi) is 3.16. The average molecular weight is 305 g/mol. The molecule has 2 fully saturated rings. The third kappa shape index (κ3) is 2.32. The van der Waals surface area contributed by atoms with Gasteiger partial charge in [0.05, 0.1) is 0 Å². The zero-order valence-electron chi connectivity index (χ0n) is 11.6. The highest BCUT2D eigenvalue weighted by Crippen LogP contribution is 2.31. The normalized spacial score (nSPS) is 22.7. The van der Waals surface area contributed by atoms with E-state index in [0.29, 0.717) is 22.6 Å². The first-order chi connectivity index (χ1) is 10.2. The number of fused-ring (bicyclic) bond motifs is 1. The lowest BCUT2D eigenvalue weighted by Gasteiger charge is -2.41. The van der Waals surface area contributed by atoms with E-state index in [1.54, 1.807) is 0 Å². The van der Waals surface area contributed by atoms with Crippen LogP contribution in [-0.2, 0) is 4.74 Å². The molecule has 1 aromatic heterocycles. The number of nitrogens with one attached hydrogen (secondary N) is 1. The topological polar surface area (TPSA) is 45.3 Å². The molecule has 0 radical (unpaired) electrons. The smallest absolute Gasteiger partial charge is 0.270 e. The summed E-state index contributed by atoms with van der Waals surface area (Å²) in [5.74, 6) is 1.32. The van der Waals surface area contributed by atoms with E-state index in [9.17, 15) is 4.79 Å². The average Bonchev–Trinajstić information content (AvgIpc) is 3.05. The minimum Gasteiger partial charge on any atom is -0.381 e. The van der Waals surface area contributed by atoms with Crippen molar-refractivity contribution in [3.05, 3.63) is 35.0 Å². The van der Waals surface area contributed by atoms with Gasteiger partial charge in [0.25, 0.3) is 5.91 Å². The number of hydrogen-bond acceptors (Lipinski definition) is 2. The van der Waals surface area contributed by atoms with E-state index in [-0.39, 0.29) is 5.91 Å². The second-order valence-corrected chi connectivity index (χ2v) is 6.44. The fourth-order valence-corrected chi connectivity index (χ4v) is 3.46. The predicted molar refractivity (Wildman–Crippen MR) is 81.6 cm³/mol. The Balaban J connectivity index is 1.47. The zero-order chi connectivity index (χ0) is 14.4. The number of hydrogen-bond donors (Lipinski definition) is 1. The van der Waals surface area contributed by atoms with Crippen LogP contribution in [0.5, 0.6) is 0 Å². The van der Waals surface area contributed by atoms with Crippen LogP contribution in [0.2, 0.25) is 5.02 Å². The van der Waals surface area contributed by atoms with Crippen molar-refractivity contribution in [2.45, 2.75) is 6.42 Å². The number of nitrogens with zero attached hydrogens (tertiary/aromatic N) is 1. The summed E-state index contributed by atoms with van der Waals surface area (Å²) in [4.78, 5) is 17.6. The fourth-order valence-electron chi connectivity index (χ4n) is 3.29. The third-order valence-electron chi connectivity index (χ3n) is 4.64. The summed E-state index contributed by atoms with van der Waals surface area (Å²) in [6, 6.07) is 7.52. The van der Waals surface area contributed by atoms with Gasteiger partial charge < -0.3 is 14.6 Å². The molecule has 21 heavy (non-hydrogen) atoms. The van der Waals surface area contributed by atoms with Crippen molar-refractivity contribution in [2.24, 2.45) is 11.8 Å². The van der Waals surface area contributed by atoms with Gasteiger partial charge in [0, 0.05) is 42.2 Å². The molecule has 0 aliphatic carbocycles. The highest BCUT2D eigenvalue weighted by molar-refractivity contribution is 6.31. The number of H-pyrrole nitrogens is 1. The van der Waals surface area contributed by atoms with Crippen LogP contribution in [0.15, 0.2) is 24.3 Å². The quantitative estimate of drug-likeness (QED) is 0.927. The van der Waals surface area contributed by atoms with Gasteiger partial charge in [-0.2, -0.15) is 0 Å². The minimum absolute atomic E-state index is 0.0810. The predicted octanol–water partition coefficient (Wildman–Crippen LogP) is 2.93. The standard InChI is InChI=1S/C16H17ClN2O2/c17-13-2-1-10-5-15(18-14(10)6-13)16(20)19-7-12(8-19)11-3-4-21-9-11/h1-2,5-6,11-12,18H,3-4,7-9H2. The summed E-state index contributed by atoms with van der Waals surface area (Å²) < 4.78 is 5.42. The first-order valence-corrected chi connectivity index (χ1v) is 7.74. The molecule has 0 bridgehead atoms. The van der Waals surface area contributed by atoms with Crippen molar-refractivity contribution < 1.29 is 9.53 Å². The lowest BCUT2D eigenvalue weighted by atomic mass is 9.85. The zero-order valence-corrected chi connectivity index (χ0v) is 12.4. The summed E-state index contributed by atoms with van der Waals surface area (Å²) in [5, 5.41) is 1.69. The Hall–Kier alpha value is -1.52. The minimum atomic E-state index is 0.0810. The number of halogens is 1. The molecule has 1 N–H and O–H groups in total. The Labute approximate surface area is 128 Å². The van der Waals surface area contributed by atoms with E-state index < -0.39 is 0 Å². The van der Waals surface area contributed by atoms with Gasteiger partial charge in [0.15, 0.2) is 0 Å². The number of aromatic amines is 1. The number of carbonyl (C=O) groups excluding carboxylic acids is 1. The molecular weight excluding hydrogens is 288 g/mol. The van der Waals surface area contributed by atoms with Crippen molar-refractivity contribution in [3.8, 4) is 0 Å². The van der Waals surface area contributed by atoms with Crippen LogP contribution in [0.25, 0.3) is 10.9 Å². The lowest BCUT2D eigenvalue weighted by Crippen LogP contribution is -2.52. The largest absolute Gasteiger partial charge is 0.381 e. The molecule has 3 heterocycles. The van der Waals surface area contributed by atoms with Gasteiger partial charge in [0.1, 0.15) is 5.69 Å². The number of rotatable bonds is 2. The molecule has 2 aliphatic rings. The SMILES string of the molecule is O=C(c1cc2ccc(Cl)cc2[nH]1)N1CC(C2CCOC2)C1. The van der Waals surface area contributed by atoms with E-state index in [1.807, 2.05) is 29.2 Å². The van der Waals surface area contributed by atoms with Gasteiger partial charge in [-0.05, 0) is 36.5 Å². The van der Waals surface area contributed by atoms with Gasteiger partial charge in [0.2, 0.25) is 0 Å². The molecule has 4 nitrogen and oxygen atoms in total. The first kappa shape index (κ1) is 13.2. The van der Waals surface area contributed by atoms with Crippen molar-refractivity contribution in [1.29, 1.82) is 0 Å². The molecule has 2 aliphatic heterocycles. The van der Waals surface area contributed by atoms with Crippen molar-refractivity contribution >= 4 is 28.4 Å². The van der Waals surface area contributed by atoms with Crippen LogP contribution in [0.1, 0.15) is 16.9 Å². The maximum atomic E-state index is 12.5. The van der Waals surface area contributed by atoms with E-state index >= 15 is 0 Å². The van der Waals surface area contributed by atoms with Gasteiger partial charge in [-0.25, -0.2) is 0 Å². The Morgan fingerprint density at radius 3 is 2.90 bits per heavy atom. The maximum absolute atomic E-state index is 12.5. The van der Waals surface area contributed by atoms with Gasteiger partial charge in [-0.1, -0.05) is 17.7 Å². The van der Waals surface area contributed by atoms with Crippen LogP contribution >= 0.6 is 11.6 Å². The molecule has 1 aromatic carbocycles. The van der Waals surface area contributed by atoms with Gasteiger partial charge >= 0.3 is 0 Å². The van der Waals surface area contributed by atoms with Gasteiger partial charge in [-0.15, -0.1) is 0 Å². The molecule has 4 rings (SSSR count). The summed E-state index contributed by atoms with van der Waals surface area (Å²) in [6.45, 7) is 3.43. The second kappa shape index (κ2) is 5.04. The summed E-state index contributed by atoms with van der Waals surface area (Å²) in [7, 11) is 0. The van der Waals surface area contributed by atoms with Crippen LogP contribution in [0.4, 0.5) is 0 Å². The Morgan fingerprint density at radius 1 is 1.29 bits per heavy atom. The van der Waals surface area contributed by atoms with Crippen LogP contribution in [-0.4, -0.2) is 42.1 Å². The molecule has 2 aromatic rings. The molecule has 1 amide bonds. The lowest BCUT2D eigenvalue weighted by molar-refractivity contribution is 0.0337. The first-order valence-electron chi connectivity index (χ1n) is 7.36. The van der Waals surface area contributed by atoms with E-state index in [1.165, 1.54) is 0 Å². The molecule has 0 saturated carbocycles. The highest BCUT2D eigenvalue weighted by Gasteiger charge is 2.38. The van der Waals surface area contributed by atoms with Crippen molar-refractivity contribution in [1.82, 2.24) is 9.88 Å². The Morgan fingerprint density at radius 2 is 2.14 bits per heavy atom. The summed E-state index contributed by atoms with van der Waals surface area (Å²) in [6.07, 6.45) is 1.14. The van der Waals surface area contributed by atoms with Crippen molar-refractivity contribution in [2.75, 3.05) is 26.3 Å². The fraction of sp³-hybridized carbons (Fsp3) is 0.438. The van der Waals surface area contributed by atoms with Crippen molar-refractivity contribution in [3.63, 3.8) is 0 Å². The number of carbonyl (C=O) groups is 1. The van der Waals surface area contributed by atoms with E-state index in [0.717, 1.165) is 43.6 Å². The number of benzene rings is 1. The van der Waals surface area contributed by atoms with Crippen LogP contribution in [0, 0.1) is 11.8 Å². The number of amides is 1. The second-order valence-electron chi connectivity index (χ2n) is 6.01. The van der Waals surface area contributed by atoms with E-state index in [4.69, 9.17) is 16.3 Å². The monoisotopic (exact) mass is 304 g/mol. The number of ether oxygens (including phenoxy) is 1. The third-order valence-corrected chi connectivity index (χ3v) is 4.88. The van der Waals surface area contributed by atoms with Gasteiger partial charge in [-0.3, -0.25) is 4.79 Å². The van der Waals surface area contributed by atoms with Crippen LogP contribution in [0.3, 0.4) is 0 Å². The van der Waals surface area contributed by atoms with Crippen LogP contribution < -0.4 is 0 Å². The number of aromatic nitrogens is 1. The maximum Gasteiger partial charge on any atom is 0.270 e. The molecular formula is C16H17ClN2O2. The molecule has 1 unspecified atom stereocenters. The molecule has 2 saturated heterocycles. The summed E-state index contributed by atoms with van der Waals surface area (Å²) in [5.41, 5.74) is 1.56. The van der Waals surface area contributed by atoms with E-state index in [2.05, 4.69) is 4.98 Å². The molecule has 0 spiro atoms. The molecule has 1 atom stereocenters. The number of likely N-dealkylation sites (tertiary alicyclic amines) is 1. The highest BCUT2D eigenvalue weighted by atomic mass is 35.5. The molecule has 5 heteroatoms. The molecule has 110 valence electrons.